The normalized spacial score (nSPS) is 15.0. The lowest BCUT2D eigenvalue weighted by Crippen LogP contribution is -2.29. The number of hydrogen-bond acceptors (Lipinski definition) is 6. The van der Waals surface area contributed by atoms with E-state index in [1.165, 1.54) is 28.8 Å². The predicted octanol–water partition coefficient (Wildman–Crippen LogP) is 4.52. The molecule has 2 aromatic carbocycles. The van der Waals surface area contributed by atoms with Gasteiger partial charge in [0, 0.05) is 30.8 Å². The fourth-order valence-corrected chi connectivity index (χ4v) is 4.10. The molecule has 7 nitrogen and oxygen atoms in total. The number of rotatable bonds is 7. The van der Waals surface area contributed by atoms with Gasteiger partial charge in [0.05, 0.1) is 9.83 Å². The van der Waals surface area contributed by atoms with Crippen LogP contribution in [0, 0.1) is 17.0 Å². The fraction of sp³-hybridized carbons (Fsp3) is 0.190. The van der Waals surface area contributed by atoms with Crippen molar-refractivity contribution in [2.24, 2.45) is 0 Å². The lowest BCUT2D eigenvalue weighted by atomic mass is 10.2. The molecule has 0 unspecified atom stereocenters. The first-order valence-electron chi connectivity index (χ1n) is 9.20. The van der Waals surface area contributed by atoms with Crippen LogP contribution in [0.3, 0.4) is 0 Å². The number of nitro groups is 1. The maximum Gasteiger partial charge on any atom is 0.269 e. The Morgan fingerprint density at radius 3 is 2.50 bits per heavy atom. The van der Waals surface area contributed by atoms with E-state index in [2.05, 4.69) is 5.32 Å². The van der Waals surface area contributed by atoms with Crippen molar-refractivity contribution in [1.82, 2.24) is 4.90 Å². The predicted molar refractivity (Wildman–Crippen MR) is 122 cm³/mol. The molecule has 154 valence electrons. The maximum absolute atomic E-state index is 12.6. The Labute approximate surface area is 183 Å². The molecule has 0 bridgehead atoms. The molecule has 0 aromatic heterocycles. The van der Waals surface area contributed by atoms with Crippen LogP contribution in [0.1, 0.15) is 24.0 Å². The molecular formula is C21H19N3O4S2. The van der Waals surface area contributed by atoms with Crippen molar-refractivity contribution >= 4 is 57.6 Å². The average molecular weight is 442 g/mol. The molecule has 0 aliphatic carbocycles. The molecule has 0 radical (unpaired) electrons. The summed E-state index contributed by atoms with van der Waals surface area (Å²) < 4.78 is 0.437. The minimum Gasteiger partial charge on any atom is -0.326 e. The van der Waals surface area contributed by atoms with E-state index < -0.39 is 4.92 Å². The monoisotopic (exact) mass is 441 g/mol. The van der Waals surface area contributed by atoms with Gasteiger partial charge in [-0.05, 0) is 49.2 Å². The summed E-state index contributed by atoms with van der Waals surface area (Å²) in [6, 6.07) is 13.5. The van der Waals surface area contributed by atoms with Crippen LogP contribution in [0.5, 0.6) is 0 Å². The Kier molecular flexibility index (Phi) is 6.96. The second-order valence-electron chi connectivity index (χ2n) is 6.70. The molecular weight excluding hydrogens is 422 g/mol. The topological polar surface area (TPSA) is 92.6 Å². The SMILES string of the molecule is Cc1ccc(NC(=O)CCCN2C(=O)/C(=C/c3ccc([N+](=O)[O-])cc3)SC2=S)cc1. The number of non-ortho nitro benzene ring substituents is 1. The number of anilines is 1. The van der Waals surface area contributed by atoms with Gasteiger partial charge in [0.1, 0.15) is 4.32 Å². The number of aryl methyl sites for hydroxylation is 1. The summed E-state index contributed by atoms with van der Waals surface area (Å²) >= 11 is 6.48. The standard InChI is InChI=1S/C21H19N3O4S2/c1-14-4-8-16(9-5-14)22-19(25)3-2-12-23-20(26)18(30-21(23)29)13-15-6-10-17(11-7-15)24(27)28/h4-11,13H,2-3,12H2,1H3,(H,22,25)/b18-13-. The molecule has 3 rings (SSSR count). The highest BCUT2D eigenvalue weighted by atomic mass is 32.2. The molecule has 1 N–H and O–H groups in total. The molecule has 0 atom stereocenters. The summed E-state index contributed by atoms with van der Waals surface area (Å²) in [5.74, 6) is -0.340. The number of carbonyl (C=O) groups is 2. The summed E-state index contributed by atoms with van der Waals surface area (Å²) in [7, 11) is 0. The smallest absolute Gasteiger partial charge is 0.269 e. The lowest BCUT2D eigenvalue weighted by molar-refractivity contribution is -0.384. The van der Waals surface area contributed by atoms with Crippen LogP contribution in [0.25, 0.3) is 6.08 Å². The average Bonchev–Trinajstić information content (AvgIpc) is 2.97. The first-order chi connectivity index (χ1) is 14.3. The third-order valence-electron chi connectivity index (χ3n) is 4.40. The second kappa shape index (κ2) is 9.64. The Bertz CT molecular complexity index is 1020. The van der Waals surface area contributed by atoms with Gasteiger partial charge in [-0.3, -0.25) is 24.6 Å². The highest BCUT2D eigenvalue weighted by molar-refractivity contribution is 8.26. The number of hydrogen-bond donors (Lipinski definition) is 1. The van der Waals surface area contributed by atoms with Gasteiger partial charge in [-0.2, -0.15) is 0 Å². The highest BCUT2D eigenvalue weighted by Crippen LogP contribution is 2.33. The number of thioether (sulfide) groups is 1. The molecule has 0 saturated carbocycles. The van der Waals surface area contributed by atoms with E-state index in [1.54, 1.807) is 18.2 Å². The molecule has 1 fully saturated rings. The first-order valence-corrected chi connectivity index (χ1v) is 10.4. The van der Waals surface area contributed by atoms with Crippen molar-refractivity contribution in [3.8, 4) is 0 Å². The van der Waals surface area contributed by atoms with Crippen LogP contribution in [0.2, 0.25) is 0 Å². The van der Waals surface area contributed by atoms with E-state index in [-0.39, 0.29) is 23.9 Å². The van der Waals surface area contributed by atoms with Gasteiger partial charge in [0.15, 0.2) is 0 Å². The van der Waals surface area contributed by atoms with Crippen molar-refractivity contribution in [3.63, 3.8) is 0 Å². The second-order valence-corrected chi connectivity index (χ2v) is 8.38. The number of carbonyl (C=O) groups excluding carboxylic acids is 2. The third-order valence-corrected chi connectivity index (χ3v) is 5.77. The van der Waals surface area contributed by atoms with Gasteiger partial charge in [-0.15, -0.1) is 0 Å². The van der Waals surface area contributed by atoms with E-state index >= 15 is 0 Å². The summed E-state index contributed by atoms with van der Waals surface area (Å²) in [5, 5.41) is 13.6. The van der Waals surface area contributed by atoms with E-state index in [0.717, 1.165) is 11.3 Å². The maximum atomic E-state index is 12.6. The van der Waals surface area contributed by atoms with Crippen molar-refractivity contribution < 1.29 is 14.5 Å². The summed E-state index contributed by atoms with van der Waals surface area (Å²) in [4.78, 5) is 36.9. The van der Waals surface area contributed by atoms with Crippen LogP contribution < -0.4 is 5.32 Å². The number of thiocarbonyl (C=S) groups is 1. The summed E-state index contributed by atoms with van der Waals surface area (Å²) in [6.45, 7) is 2.33. The van der Waals surface area contributed by atoms with Gasteiger partial charge in [-0.25, -0.2) is 0 Å². The molecule has 9 heteroatoms. The molecule has 2 amide bonds. The molecule has 0 spiro atoms. The molecule has 1 aliphatic heterocycles. The van der Waals surface area contributed by atoms with Crippen LogP contribution in [-0.4, -0.2) is 32.5 Å². The first kappa shape index (κ1) is 21.7. The lowest BCUT2D eigenvalue weighted by Gasteiger charge is -2.14. The van der Waals surface area contributed by atoms with Crippen LogP contribution in [0.15, 0.2) is 53.4 Å². The van der Waals surface area contributed by atoms with E-state index in [1.807, 2.05) is 31.2 Å². The zero-order valence-electron chi connectivity index (χ0n) is 16.2. The van der Waals surface area contributed by atoms with Gasteiger partial charge in [-0.1, -0.05) is 41.7 Å². The molecule has 30 heavy (non-hydrogen) atoms. The summed E-state index contributed by atoms with van der Waals surface area (Å²) in [6.07, 6.45) is 2.41. The Hall–Kier alpha value is -3.04. The number of benzene rings is 2. The van der Waals surface area contributed by atoms with Gasteiger partial charge >= 0.3 is 0 Å². The van der Waals surface area contributed by atoms with Gasteiger partial charge in [0.2, 0.25) is 5.91 Å². The van der Waals surface area contributed by atoms with Crippen LogP contribution in [0.4, 0.5) is 11.4 Å². The number of nitrogens with zero attached hydrogens (tertiary/aromatic N) is 2. The Morgan fingerprint density at radius 1 is 1.20 bits per heavy atom. The minimum absolute atomic E-state index is 0.0105. The number of amides is 2. The Morgan fingerprint density at radius 2 is 1.87 bits per heavy atom. The van der Waals surface area contributed by atoms with Crippen molar-refractivity contribution in [2.45, 2.75) is 19.8 Å². The molecule has 1 saturated heterocycles. The van der Waals surface area contributed by atoms with E-state index in [4.69, 9.17) is 12.2 Å². The van der Waals surface area contributed by atoms with Gasteiger partial charge < -0.3 is 5.32 Å². The minimum atomic E-state index is -0.474. The van der Waals surface area contributed by atoms with Crippen molar-refractivity contribution in [1.29, 1.82) is 0 Å². The molecule has 1 heterocycles. The molecule has 1 aliphatic rings. The number of nitrogens with one attached hydrogen (secondary N) is 1. The summed E-state index contributed by atoms with van der Waals surface area (Å²) in [5.41, 5.74) is 2.52. The number of nitro benzene ring substituents is 1. The van der Waals surface area contributed by atoms with Crippen molar-refractivity contribution in [3.05, 3.63) is 74.7 Å². The van der Waals surface area contributed by atoms with Crippen LogP contribution in [-0.2, 0) is 9.59 Å². The molecule has 2 aromatic rings. The van der Waals surface area contributed by atoms with E-state index in [9.17, 15) is 19.7 Å². The van der Waals surface area contributed by atoms with Crippen LogP contribution >= 0.6 is 24.0 Å². The van der Waals surface area contributed by atoms with Crippen molar-refractivity contribution in [2.75, 3.05) is 11.9 Å². The zero-order valence-corrected chi connectivity index (χ0v) is 17.8. The quantitative estimate of drug-likeness (QED) is 0.294. The third kappa shape index (κ3) is 5.52. The fourth-order valence-electron chi connectivity index (χ4n) is 2.79. The largest absolute Gasteiger partial charge is 0.326 e. The van der Waals surface area contributed by atoms with E-state index in [0.29, 0.717) is 27.8 Å². The zero-order chi connectivity index (χ0) is 21.7. The Balaban J connectivity index is 1.53. The highest BCUT2D eigenvalue weighted by Gasteiger charge is 2.31. The van der Waals surface area contributed by atoms with Gasteiger partial charge in [0.25, 0.3) is 11.6 Å².